The molecule has 110 valence electrons. The highest BCUT2D eigenvalue weighted by molar-refractivity contribution is 5.72. The summed E-state index contributed by atoms with van der Waals surface area (Å²) in [6.45, 7) is 6.53. The van der Waals surface area contributed by atoms with E-state index in [1.165, 1.54) is 0 Å². The molecule has 2 fully saturated rings. The van der Waals surface area contributed by atoms with Crippen LogP contribution in [0, 0.1) is 11.3 Å². The molecule has 4 atom stereocenters. The van der Waals surface area contributed by atoms with Gasteiger partial charge in [0.05, 0.1) is 18.6 Å². The Kier molecular flexibility index (Phi) is 4.51. The van der Waals surface area contributed by atoms with E-state index in [0.29, 0.717) is 18.7 Å². The molecule has 0 saturated heterocycles. The molecule has 2 aliphatic rings. The molecule has 19 heavy (non-hydrogen) atoms. The first-order valence-corrected chi connectivity index (χ1v) is 7.56. The van der Waals surface area contributed by atoms with Crippen LogP contribution in [-0.2, 0) is 9.53 Å². The van der Waals surface area contributed by atoms with E-state index in [0.717, 1.165) is 32.1 Å². The van der Waals surface area contributed by atoms with Crippen LogP contribution < -0.4 is 5.32 Å². The van der Waals surface area contributed by atoms with Crippen molar-refractivity contribution in [2.24, 2.45) is 11.3 Å². The van der Waals surface area contributed by atoms with Gasteiger partial charge in [0, 0.05) is 17.5 Å². The number of rotatable bonds is 4. The predicted octanol–water partition coefficient (Wildman–Crippen LogP) is 1.86. The molecule has 0 spiro atoms. The SMILES string of the molecule is CCOC(=O)C1CCCC(NC2CC(O)C2(C)C)C1. The van der Waals surface area contributed by atoms with E-state index in [1.54, 1.807) is 0 Å². The summed E-state index contributed by atoms with van der Waals surface area (Å²) in [4.78, 5) is 11.8. The Balaban J connectivity index is 1.83. The molecule has 2 N–H and O–H groups in total. The number of esters is 1. The third-order valence-corrected chi connectivity index (χ3v) is 4.95. The maximum atomic E-state index is 11.8. The molecule has 4 unspecified atom stereocenters. The molecule has 0 heterocycles. The second kappa shape index (κ2) is 5.80. The largest absolute Gasteiger partial charge is 0.466 e. The number of aliphatic hydroxyl groups is 1. The predicted molar refractivity (Wildman–Crippen MR) is 73.7 cm³/mol. The molecule has 0 amide bonds. The van der Waals surface area contributed by atoms with E-state index in [4.69, 9.17) is 4.74 Å². The van der Waals surface area contributed by atoms with Crippen LogP contribution in [0.15, 0.2) is 0 Å². The second-order valence-corrected chi connectivity index (χ2v) is 6.60. The van der Waals surface area contributed by atoms with Gasteiger partial charge in [-0.05, 0) is 32.6 Å². The lowest BCUT2D eigenvalue weighted by atomic mass is 9.64. The number of hydrogen-bond donors (Lipinski definition) is 2. The molecule has 4 heteroatoms. The maximum absolute atomic E-state index is 11.8. The van der Waals surface area contributed by atoms with Crippen LogP contribution in [0.5, 0.6) is 0 Å². The molecule has 0 radical (unpaired) electrons. The van der Waals surface area contributed by atoms with E-state index in [1.807, 2.05) is 6.92 Å². The van der Waals surface area contributed by atoms with Crippen molar-refractivity contribution in [3.63, 3.8) is 0 Å². The zero-order valence-corrected chi connectivity index (χ0v) is 12.3. The summed E-state index contributed by atoms with van der Waals surface area (Å²) >= 11 is 0. The summed E-state index contributed by atoms with van der Waals surface area (Å²) in [7, 11) is 0. The molecular formula is C15H27NO3. The highest BCUT2D eigenvalue weighted by Crippen LogP contribution is 2.41. The second-order valence-electron chi connectivity index (χ2n) is 6.60. The maximum Gasteiger partial charge on any atom is 0.308 e. The van der Waals surface area contributed by atoms with Crippen molar-refractivity contribution in [1.82, 2.24) is 5.32 Å². The average Bonchev–Trinajstić information content (AvgIpc) is 2.39. The van der Waals surface area contributed by atoms with Gasteiger partial charge in [-0.2, -0.15) is 0 Å². The van der Waals surface area contributed by atoms with Gasteiger partial charge in [0.2, 0.25) is 0 Å². The lowest BCUT2D eigenvalue weighted by Gasteiger charge is -2.51. The van der Waals surface area contributed by atoms with Gasteiger partial charge in [0.1, 0.15) is 0 Å². The van der Waals surface area contributed by atoms with Crippen LogP contribution in [-0.4, -0.2) is 35.9 Å². The Bertz CT molecular complexity index is 329. The van der Waals surface area contributed by atoms with E-state index in [9.17, 15) is 9.90 Å². The fourth-order valence-corrected chi connectivity index (χ4v) is 3.29. The molecule has 2 saturated carbocycles. The first kappa shape index (κ1) is 14.8. The van der Waals surface area contributed by atoms with Gasteiger partial charge in [0.15, 0.2) is 0 Å². The smallest absolute Gasteiger partial charge is 0.308 e. The summed E-state index contributed by atoms with van der Waals surface area (Å²) < 4.78 is 5.13. The topological polar surface area (TPSA) is 58.6 Å². The summed E-state index contributed by atoms with van der Waals surface area (Å²) in [6, 6.07) is 0.758. The van der Waals surface area contributed by atoms with Gasteiger partial charge in [-0.25, -0.2) is 0 Å². The number of hydrogen-bond acceptors (Lipinski definition) is 4. The van der Waals surface area contributed by atoms with Crippen LogP contribution in [0.2, 0.25) is 0 Å². The Morgan fingerprint density at radius 3 is 2.68 bits per heavy atom. The highest BCUT2D eigenvalue weighted by atomic mass is 16.5. The van der Waals surface area contributed by atoms with Crippen molar-refractivity contribution in [2.45, 2.75) is 71.1 Å². The van der Waals surface area contributed by atoms with E-state index in [-0.39, 0.29) is 23.4 Å². The van der Waals surface area contributed by atoms with E-state index < -0.39 is 0 Å². The van der Waals surface area contributed by atoms with Gasteiger partial charge < -0.3 is 15.2 Å². The summed E-state index contributed by atoms with van der Waals surface area (Å²) in [5, 5.41) is 13.4. The van der Waals surface area contributed by atoms with Gasteiger partial charge in [-0.3, -0.25) is 4.79 Å². The Labute approximate surface area is 115 Å². The minimum absolute atomic E-state index is 0.0399. The van der Waals surface area contributed by atoms with Crippen molar-refractivity contribution >= 4 is 5.97 Å². The number of nitrogens with one attached hydrogen (secondary N) is 1. The molecule has 0 aliphatic heterocycles. The number of aliphatic hydroxyl groups excluding tert-OH is 1. The normalized spacial score (nSPS) is 37.5. The summed E-state index contributed by atoms with van der Waals surface area (Å²) in [6.07, 6.45) is 4.66. The van der Waals surface area contributed by atoms with Gasteiger partial charge in [0.25, 0.3) is 0 Å². The molecule has 0 bridgehead atoms. The van der Waals surface area contributed by atoms with Crippen LogP contribution >= 0.6 is 0 Å². The number of carbonyl (C=O) groups excluding carboxylic acids is 1. The number of carbonyl (C=O) groups is 1. The fraction of sp³-hybridized carbons (Fsp3) is 0.933. The zero-order chi connectivity index (χ0) is 14.0. The van der Waals surface area contributed by atoms with Gasteiger partial charge in [-0.15, -0.1) is 0 Å². The third-order valence-electron chi connectivity index (χ3n) is 4.95. The molecular weight excluding hydrogens is 242 g/mol. The molecule has 0 aromatic rings. The first-order chi connectivity index (χ1) is 8.95. The molecule has 4 nitrogen and oxygen atoms in total. The summed E-state index contributed by atoms with van der Waals surface area (Å²) in [5.41, 5.74) is -0.0448. The Morgan fingerprint density at radius 1 is 1.37 bits per heavy atom. The van der Waals surface area contributed by atoms with Crippen LogP contribution in [0.4, 0.5) is 0 Å². The van der Waals surface area contributed by atoms with Crippen LogP contribution in [0.3, 0.4) is 0 Å². The minimum atomic E-state index is -0.200. The fourth-order valence-electron chi connectivity index (χ4n) is 3.29. The van der Waals surface area contributed by atoms with Gasteiger partial charge in [-0.1, -0.05) is 20.3 Å². The number of ether oxygens (including phenoxy) is 1. The first-order valence-electron chi connectivity index (χ1n) is 7.56. The monoisotopic (exact) mass is 269 g/mol. The lowest BCUT2D eigenvalue weighted by molar-refractivity contribution is -0.149. The van der Waals surface area contributed by atoms with Gasteiger partial charge >= 0.3 is 5.97 Å². The van der Waals surface area contributed by atoms with Crippen molar-refractivity contribution < 1.29 is 14.6 Å². The third kappa shape index (κ3) is 3.11. The average molecular weight is 269 g/mol. The molecule has 2 rings (SSSR count). The van der Waals surface area contributed by atoms with Crippen LogP contribution in [0.1, 0.15) is 52.9 Å². The molecule has 2 aliphatic carbocycles. The lowest BCUT2D eigenvalue weighted by Crippen LogP contribution is -2.62. The Hall–Kier alpha value is -0.610. The molecule has 0 aromatic heterocycles. The van der Waals surface area contributed by atoms with Crippen molar-refractivity contribution in [3.05, 3.63) is 0 Å². The molecule has 0 aromatic carbocycles. The minimum Gasteiger partial charge on any atom is -0.466 e. The van der Waals surface area contributed by atoms with E-state index >= 15 is 0 Å². The van der Waals surface area contributed by atoms with Crippen molar-refractivity contribution in [2.75, 3.05) is 6.61 Å². The van der Waals surface area contributed by atoms with Crippen molar-refractivity contribution in [3.8, 4) is 0 Å². The summed E-state index contributed by atoms with van der Waals surface area (Å²) in [5.74, 6) is 0.0150. The highest BCUT2D eigenvalue weighted by Gasteiger charge is 2.48. The standard InChI is InChI=1S/C15H27NO3/c1-4-19-14(18)10-6-5-7-11(8-10)16-12-9-13(17)15(12,2)3/h10-13,16-17H,4-9H2,1-3H3. The van der Waals surface area contributed by atoms with Crippen LogP contribution in [0.25, 0.3) is 0 Å². The zero-order valence-electron chi connectivity index (χ0n) is 12.3. The quantitative estimate of drug-likeness (QED) is 0.765. The van der Waals surface area contributed by atoms with Crippen molar-refractivity contribution in [1.29, 1.82) is 0 Å². The van der Waals surface area contributed by atoms with E-state index in [2.05, 4.69) is 19.2 Å². The Morgan fingerprint density at radius 2 is 2.11 bits per heavy atom.